The largest absolute Gasteiger partial charge is 0.372 e. The molecule has 4 rings (SSSR count). The zero-order valence-electron chi connectivity index (χ0n) is 18.9. The number of hydrogen-bond donors (Lipinski definition) is 1. The van der Waals surface area contributed by atoms with Gasteiger partial charge in [0.15, 0.2) is 0 Å². The van der Waals surface area contributed by atoms with Crippen molar-refractivity contribution >= 4 is 17.4 Å². The highest BCUT2D eigenvalue weighted by atomic mass is 19.3. The number of benzene rings is 2. The van der Waals surface area contributed by atoms with Crippen LogP contribution >= 0.6 is 0 Å². The molecule has 5 nitrogen and oxygen atoms in total. The maximum absolute atomic E-state index is 12.9. The van der Waals surface area contributed by atoms with E-state index in [1.807, 2.05) is 45.0 Å². The van der Waals surface area contributed by atoms with E-state index in [-0.39, 0.29) is 23.7 Å². The summed E-state index contributed by atoms with van der Waals surface area (Å²) in [4.78, 5) is 19.5. The molecule has 1 aliphatic heterocycles. The molecule has 3 aromatic rings. The fourth-order valence-corrected chi connectivity index (χ4v) is 4.16. The minimum absolute atomic E-state index is 0.0159. The summed E-state index contributed by atoms with van der Waals surface area (Å²) in [5.41, 5.74) is 3.65. The quantitative estimate of drug-likeness (QED) is 0.528. The fourth-order valence-electron chi connectivity index (χ4n) is 4.16. The van der Waals surface area contributed by atoms with E-state index < -0.39 is 6.43 Å². The van der Waals surface area contributed by atoms with Gasteiger partial charge in [-0.3, -0.25) is 4.79 Å². The van der Waals surface area contributed by atoms with Crippen LogP contribution in [0.5, 0.6) is 0 Å². The lowest BCUT2D eigenvalue weighted by Crippen LogP contribution is -2.45. The van der Waals surface area contributed by atoms with Gasteiger partial charge in [0.2, 0.25) is 0 Å². The number of halogens is 2. The van der Waals surface area contributed by atoms with Gasteiger partial charge in [-0.25, -0.2) is 13.8 Å². The zero-order valence-corrected chi connectivity index (χ0v) is 18.9. The smallest absolute Gasteiger partial charge is 0.263 e. The molecule has 7 heteroatoms. The molecule has 172 valence electrons. The average Bonchev–Trinajstić information content (AvgIpc) is 2.80. The second-order valence-electron chi connectivity index (χ2n) is 8.42. The number of hydrogen-bond acceptors (Lipinski definition) is 4. The van der Waals surface area contributed by atoms with E-state index in [0.29, 0.717) is 11.3 Å². The van der Waals surface area contributed by atoms with Crippen LogP contribution in [-0.4, -0.2) is 36.2 Å². The first-order valence-electron chi connectivity index (χ1n) is 11.0. The number of carbonyl (C=O) groups excluding carboxylic acids is 1. The van der Waals surface area contributed by atoms with E-state index in [4.69, 9.17) is 4.74 Å². The molecule has 0 spiro atoms. The molecule has 33 heavy (non-hydrogen) atoms. The molecular weight excluding hydrogens is 424 g/mol. The van der Waals surface area contributed by atoms with Gasteiger partial charge in [-0.2, -0.15) is 0 Å². The Balaban J connectivity index is 1.49. The fraction of sp³-hybridized carbons (Fsp3) is 0.308. The maximum Gasteiger partial charge on any atom is 0.263 e. The zero-order chi connectivity index (χ0) is 23.5. The number of nitrogens with one attached hydrogen (secondary N) is 1. The van der Waals surface area contributed by atoms with E-state index in [1.165, 1.54) is 12.1 Å². The minimum atomic E-state index is -2.50. The third-order valence-electron chi connectivity index (χ3n) is 5.81. The summed E-state index contributed by atoms with van der Waals surface area (Å²) in [5, 5.41) is 2.95. The molecule has 1 aliphatic rings. The molecule has 2 atom stereocenters. The summed E-state index contributed by atoms with van der Waals surface area (Å²) >= 11 is 0. The summed E-state index contributed by atoms with van der Waals surface area (Å²) in [5.74, 6) is 0.560. The Morgan fingerprint density at radius 3 is 2.36 bits per heavy atom. The first kappa shape index (κ1) is 22.9. The number of alkyl halides is 2. The van der Waals surface area contributed by atoms with Crippen LogP contribution in [0.25, 0.3) is 11.1 Å². The molecule has 1 aromatic heterocycles. The molecule has 1 fully saturated rings. The van der Waals surface area contributed by atoms with Crippen molar-refractivity contribution < 1.29 is 18.3 Å². The average molecular weight is 452 g/mol. The van der Waals surface area contributed by atoms with Gasteiger partial charge in [0, 0.05) is 30.5 Å². The van der Waals surface area contributed by atoms with Gasteiger partial charge in [0.25, 0.3) is 12.3 Å². The second-order valence-corrected chi connectivity index (χ2v) is 8.42. The van der Waals surface area contributed by atoms with Gasteiger partial charge in [-0.15, -0.1) is 0 Å². The Labute approximate surface area is 192 Å². The maximum atomic E-state index is 12.9. The first-order chi connectivity index (χ1) is 15.8. The molecule has 1 N–H and O–H groups in total. The lowest BCUT2D eigenvalue weighted by Gasteiger charge is -2.36. The molecule has 2 aromatic carbocycles. The topological polar surface area (TPSA) is 54.5 Å². The van der Waals surface area contributed by atoms with E-state index in [2.05, 4.69) is 15.2 Å². The van der Waals surface area contributed by atoms with Crippen molar-refractivity contribution in [1.82, 2.24) is 4.98 Å². The van der Waals surface area contributed by atoms with Crippen molar-refractivity contribution in [3.63, 3.8) is 0 Å². The highest BCUT2D eigenvalue weighted by Gasteiger charge is 2.23. The van der Waals surface area contributed by atoms with Gasteiger partial charge >= 0.3 is 0 Å². The molecule has 2 heterocycles. The summed E-state index contributed by atoms with van der Waals surface area (Å²) in [6, 6.07) is 15.4. The molecule has 1 amide bonds. The molecule has 2 unspecified atom stereocenters. The molecular formula is C26H27F2N3O2. The predicted octanol–water partition coefficient (Wildman–Crippen LogP) is 5.86. The lowest BCUT2D eigenvalue weighted by atomic mass is 9.98. The Kier molecular flexibility index (Phi) is 6.70. The van der Waals surface area contributed by atoms with Crippen LogP contribution in [-0.2, 0) is 4.74 Å². The van der Waals surface area contributed by atoms with Gasteiger partial charge in [0.05, 0.1) is 17.8 Å². The molecule has 0 bridgehead atoms. The summed E-state index contributed by atoms with van der Waals surface area (Å²) in [7, 11) is 0. The number of rotatable bonds is 5. The number of aromatic nitrogens is 1. The van der Waals surface area contributed by atoms with Gasteiger partial charge in [0.1, 0.15) is 5.82 Å². The van der Waals surface area contributed by atoms with Gasteiger partial charge < -0.3 is 15.0 Å². The molecule has 1 saturated heterocycles. The predicted molar refractivity (Wildman–Crippen MR) is 126 cm³/mol. The minimum Gasteiger partial charge on any atom is -0.372 e. The molecule has 0 aliphatic carbocycles. The Morgan fingerprint density at radius 1 is 1.06 bits per heavy atom. The number of anilines is 2. The third-order valence-corrected chi connectivity index (χ3v) is 5.81. The standard InChI is InChI=1S/C26H27F2N3O2/c1-16-14-31(15-17(2)33-16)24-12-11-21(13-29-24)26(32)30-23-6-4-5-22(18(23)3)19-7-9-20(10-8-19)25(27)28/h4-13,16-17,25H,14-15H2,1-3H3,(H,30,32). The lowest BCUT2D eigenvalue weighted by molar-refractivity contribution is -0.00546. The van der Waals surface area contributed by atoms with Crippen LogP contribution < -0.4 is 10.2 Å². The van der Waals surface area contributed by atoms with Crippen LogP contribution in [0.4, 0.5) is 20.3 Å². The van der Waals surface area contributed by atoms with E-state index in [9.17, 15) is 13.6 Å². The molecule has 0 radical (unpaired) electrons. The van der Waals surface area contributed by atoms with E-state index in [1.54, 1.807) is 24.4 Å². The van der Waals surface area contributed by atoms with Crippen LogP contribution in [0, 0.1) is 6.92 Å². The number of amides is 1. The normalized spacial score (nSPS) is 18.4. The van der Waals surface area contributed by atoms with E-state index >= 15 is 0 Å². The van der Waals surface area contributed by atoms with Crippen molar-refractivity contribution in [2.45, 2.75) is 39.4 Å². The van der Waals surface area contributed by atoms with E-state index in [0.717, 1.165) is 35.6 Å². The highest BCUT2D eigenvalue weighted by molar-refractivity contribution is 6.05. The highest BCUT2D eigenvalue weighted by Crippen LogP contribution is 2.30. The summed E-state index contributed by atoms with van der Waals surface area (Å²) < 4.78 is 31.5. The Morgan fingerprint density at radius 2 is 1.76 bits per heavy atom. The van der Waals surface area contributed by atoms with Crippen molar-refractivity contribution in [2.75, 3.05) is 23.3 Å². The number of pyridine rings is 1. The van der Waals surface area contributed by atoms with Crippen LogP contribution in [0.1, 0.15) is 41.8 Å². The third kappa shape index (κ3) is 5.20. The Hall–Kier alpha value is -3.32. The van der Waals surface area contributed by atoms with Gasteiger partial charge in [-0.05, 0) is 55.7 Å². The van der Waals surface area contributed by atoms with Crippen LogP contribution in [0.15, 0.2) is 60.8 Å². The number of morpholine rings is 1. The SMILES string of the molecule is Cc1c(NC(=O)c2ccc(N3CC(C)OC(C)C3)nc2)cccc1-c1ccc(C(F)F)cc1. The van der Waals surface area contributed by atoms with Crippen molar-refractivity contribution in [3.8, 4) is 11.1 Å². The monoisotopic (exact) mass is 451 g/mol. The molecule has 0 saturated carbocycles. The summed E-state index contributed by atoms with van der Waals surface area (Å²) in [6.45, 7) is 7.48. The van der Waals surface area contributed by atoms with Gasteiger partial charge in [-0.1, -0.05) is 36.4 Å². The number of nitrogens with zero attached hydrogens (tertiary/aromatic N) is 2. The number of carbonyl (C=O) groups is 1. The van der Waals surface area contributed by atoms with Crippen LogP contribution in [0.2, 0.25) is 0 Å². The van der Waals surface area contributed by atoms with Crippen molar-refractivity contribution in [2.24, 2.45) is 0 Å². The van der Waals surface area contributed by atoms with Crippen molar-refractivity contribution in [3.05, 3.63) is 77.5 Å². The number of ether oxygens (including phenoxy) is 1. The van der Waals surface area contributed by atoms with Crippen LogP contribution in [0.3, 0.4) is 0 Å². The van der Waals surface area contributed by atoms with Crippen molar-refractivity contribution in [1.29, 1.82) is 0 Å². The summed E-state index contributed by atoms with van der Waals surface area (Å²) in [6.07, 6.45) is -0.668. The first-order valence-corrected chi connectivity index (χ1v) is 11.0. The second kappa shape index (κ2) is 9.67. The Bertz CT molecular complexity index is 1110.